The summed E-state index contributed by atoms with van der Waals surface area (Å²) in [7, 11) is 5.10. The second-order valence-corrected chi connectivity index (χ2v) is 6.52. The summed E-state index contributed by atoms with van der Waals surface area (Å²) in [6.45, 7) is 5.98. The van der Waals surface area contributed by atoms with E-state index in [9.17, 15) is 0 Å². The molecule has 1 aliphatic rings. The maximum Gasteiger partial charge on any atom is 0.165 e. The van der Waals surface area contributed by atoms with Gasteiger partial charge in [0.15, 0.2) is 17.3 Å². The quantitative estimate of drug-likeness (QED) is 0.268. The Morgan fingerprint density at radius 1 is 1.34 bits per heavy atom. The average Bonchev–Trinajstić information content (AvgIpc) is 2.68. The van der Waals surface area contributed by atoms with E-state index in [0.29, 0.717) is 36.2 Å². The van der Waals surface area contributed by atoms with Gasteiger partial charge in [-0.05, 0) is 51.2 Å². The van der Waals surface area contributed by atoms with Crippen molar-refractivity contribution in [2.45, 2.75) is 39.7 Å². The number of rotatable bonds is 9. The van der Waals surface area contributed by atoms with Gasteiger partial charge >= 0.3 is 0 Å². The van der Waals surface area contributed by atoms with Crippen LogP contribution in [-0.4, -0.2) is 55.7 Å². The minimum atomic E-state index is 0.232. The van der Waals surface area contributed by atoms with Crippen molar-refractivity contribution >= 4 is 18.5 Å². The van der Waals surface area contributed by atoms with Gasteiger partial charge in [-0.1, -0.05) is 11.6 Å². The number of methoxy groups -OCH3 is 2. The standard InChI is InChI=1S/C21H32N6O2/c1-7-21(24-15-26(4)16(2)3)27(25-14-22)20(23)12-17-9-8-10-18(28-5)13-19(11-17)29-6/h7-8,10-11,14-16,23H,9,12H2,1-6H3,(H2,22,25)/b10-8-,17-11+,21-7+,23-20?,24-15-. The molecule has 0 fully saturated rings. The van der Waals surface area contributed by atoms with E-state index in [2.05, 4.69) is 29.7 Å². The summed E-state index contributed by atoms with van der Waals surface area (Å²) in [6, 6.07) is 0.305. The van der Waals surface area contributed by atoms with Gasteiger partial charge in [0.25, 0.3) is 0 Å². The fraction of sp³-hybridized carbons (Fsp3) is 0.429. The minimum absolute atomic E-state index is 0.232. The van der Waals surface area contributed by atoms with E-state index < -0.39 is 0 Å². The predicted molar refractivity (Wildman–Crippen MR) is 118 cm³/mol. The lowest BCUT2D eigenvalue weighted by molar-refractivity contribution is 0.291. The van der Waals surface area contributed by atoms with Crippen molar-refractivity contribution < 1.29 is 9.47 Å². The summed E-state index contributed by atoms with van der Waals surface area (Å²) >= 11 is 0. The van der Waals surface area contributed by atoms with Crippen LogP contribution in [0.5, 0.6) is 0 Å². The fourth-order valence-electron chi connectivity index (χ4n) is 2.27. The Morgan fingerprint density at radius 3 is 2.59 bits per heavy atom. The monoisotopic (exact) mass is 400 g/mol. The zero-order chi connectivity index (χ0) is 21.8. The van der Waals surface area contributed by atoms with E-state index in [1.54, 1.807) is 26.6 Å². The lowest BCUT2D eigenvalue weighted by atomic mass is 10.1. The van der Waals surface area contributed by atoms with Gasteiger partial charge in [-0.15, -0.1) is 0 Å². The molecule has 0 heterocycles. The number of hydrogen-bond donors (Lipinski definition) is 2. The van der Waals surface area contributed by atoms with E-state index in [1.807, 2.05) is 37.1 Å². The number of nitrogens with one attached hydrogen (secondary N) is 1. The van der Waals surface area contributed by atoms with Crippen molar-refractivity contribution in [3.05, 3.63) is 52.9 Å². The second kappa shape index (κ2) is 12.3. The highest BCUT2D eigenvalue weighted by Crippen LogP contribution is 2.19. The van der Waals surface area contributed by atoms with Crippen LogP contribution in [0.2, 0.25) is 0 Å². The Balaban J connectivity index is 3.11. The third-order valence-electron chi connectivity index (χ3n) is 4.16. The van der Waals surface area contributed by atoms with E-state index in [1.165, 1.54) is 5.01 Å². The molecule has 8 heteroatoms. The Bertz CT molecular complexity index is 783. The van der Waals surface area contributed by atoms with Crippen LogP contribution in [0.1, 0.15) is 33.6 Å². The number of amidine groups is 1. The topological polar surface area (TPSA) is 99.5 Å². The summed E-state index contributed by atoms with van der Waals surface area (Å²) in [5.41, 5.74) is 9.52. The van der Waals surface area contributed by atoms with Gasteiger partial charge in [0, 0.05) is 19.5 Å². The van der Waals surface area contributed by atoms with Crippen molar-refractivity contribution in [1.82, 2.24) is 9.91 Å². The lowest BCUT2D eigenvalue weighted by Crippen LogP contribution is -2.28. The number of hydrazone groups is 1. The largest absolute Gasteiger partial charge is 0.489 e. The molecule has 0 radical (unpaired) electrons. The Hall–Kier alpha value is -3.25. The highest BCUT2D eigenvalue weighted by Gasteiger charge is 2.15. The molecule has 0 saturated carbocycles. The Morgan fingerprint density at radius 2 is 2.03 bits per heavy atom. The van der Waals surface area contributed by atoms with Crippen LogP contribution in [-0.2, 0) is 9.47 Å². The fourth-order valence-corrected chi connectivity index (χ4v) is 2.27. The Labute approximate surface area is 173 Å². The van der Waals surface area contributed by atoms with Crippen molar-refractivity contribution in [3.8, 4) is 0 Å². The molecule has 0 bridgehead atoms. The first kappa shape index (κ1) is 23.8. The number of nitrogens with zero attached hydrogens (tertiary/aromatic N) is 4. The summed E-state index contributed by atoms with van der Waals surface area (Å²) in [5.74, 6) is 1.86. The average molecular weight is 401 g/mol. The van der Waals surface area contributed by atoms with Gasteiger partial charge in [-0.2, -0.15) is 5.10 Å². The summed E-state index contributed by atoms with van der Waals surface area (Å²) in [6.07, 6.45) is 11.3. The van der Waals surface area contributed by atoms with E-state index >= 15 is 0 Å². The summed E-state index contributed by atoms with van der Waals surface area (Å²) < 4.78 is 10.6. The number of allylic oxidation sites excluding steroid dienone is 3. The highest BCUT2D eigenvalue weighted by atomic mass is 16.5. The molecule has 0 aromatic heterocycles. The van der Waals surface area contributed by atoms with E-state index in [4.69, 9.17) is 20.6 Å². The SMILES string of the molecule is C/C=C(\N=C/N(C)C(C)C)N(/N=C/N)C(=N)C/C1=C/C(OC)=C=C(OC)/C=C\C1. The molecule has 1 rings (SSSR count). The molecule has 0 aliphatic heterocycles. The van der Waals surface area contributed by atoms with Gasteiger partial charge in [-0.3, -0.25) is 5.41 Å². The molecule has 0 amide bonds. The summed E-state index contributed by atoms with van der Waals surface area (Å²) in [4.78, 5) is 6.43. The van der Waals surface area contributed by atoms with Gasteiger partial charge in [0.2, 0.25) is 0 Å². The molecule has 29 heavy (non-hydrogen) atoms. The minimum Gasteiger partial charge on any atom is -0.489 e. The molecule has 0 spiro atoms. The molecular weight excluding hydrogens is 368 g/mol. The highest BCUT2D eigenvalue weighted by molar-refractivity contribution is 5.84. The molecule has 0 saturated heterocycles. The van der Waals surface area contributed by atoms with Gasteiger partial charge in [0.05, 0.1) is 20.6 Å². The van der Waals surface area contributed by atoms with E-state index in [0.717, 1.165) is 11.9 Å². The first-order chi connectivity index (χ1) is 13.9. The zero-order valence-electron chi connectivity index (χ0n) is 18.1. The predicted octanol–water partition coefficient (Wildman–Crippen LogP) is 3.33. The maximum atomic E-state index is 8.58. The molecule has 0 atom stereocenters. The normalized spacial score (nSPS) is 17.9. The van der Waals surface area contributed by atoms with Crippen LogP contribution in [0, 0.1) is 5.41 Å². The maximum absolute atomic E-state index is 8.58. The first-order valence-electron chi connectivity index (χ1n) is 9.35. The Kier molecular flexibility index (Phi) is 10.1. The van der Waals surface area contributed by atoms with Crippen LogP contribution in [0.15, 0.2) is 63.0 Å². The van der Waals surface area contributed by atoms with Crippen LogP contribution in [0.3, 0.4) is 0 Å². The molecule has 1 aliphatic carbocycles. The van der Waals surface area contributed by atoms with Crippen molar-refractivity contribution in [1.29, 1.82) is 5.41 Å². The molecule has 8 nitrogen and oxygen atoms in total. The van der Waals surface area contributed by atoms with Gasteiger partial charge in [-0.25, -0.2) is 10.0 Å². The smallest absolute Gasteiger partial charge is 0.165 e. The molecule has 3 N–H and O–H groups in total. The van der Waals surface area contributed by atoms with Crippen LogP contribution in [0.25, 0.3) is 0 Å². The van der Waals surface area contributed by atoms with Crippen molar-refractivity contribution in [3.63, 3.8) is 0 Å². The zero-order valence-corrected chi connectivity index (χ0v) is 18.1. The van der Waals surface area contributed by atoms with Crippen molar-refractivity contribution in [2.75, 3.05) is 21.3 Å². The first-order valence-corrected chi connectivity index (χ1v) is 9.35. The van der Waals surface area contributed by atoms with Gasteiger partial charge in [0.1, 0.15) is 12.2 Å². The van der Waals surface area contributed by atoms with Crippen LogP contribution in [0.4, 0.5) is 0 Å². The third kappa shape index (κ3) is 7.71. The van der Waals surface area contributed by atoms with Gasteiger partial charge < -0.3 is 20.1 Å². The third-order valence-corrected chi connectivity index (χ3v) is 4.16. The molecule has 0 aromatic rings. The number of aliphatic imine (C=N–C) groups is 1. The molecule has 158 valence electrons. The van der Waals surface area contributed by atoms with E-state index in [-0.39, 0.29) is 5.84 Å². The second-order valence-electron chi connectivity index (χ2n) is 6.52. The number of ether oxygens (including phenoxy) is 2. The molecular formula is C21H32N6O2. The van der Waals surface area contributed by atoms with Crippen molar-refractivity contribution in [2.24, 2.45) is 15.8 Å². The van der Waals surface area contributed by atoms with Crippen LogP contribution >= 0.6 is 0 Å². The van der Waals surface area contributed by atoms with Crippen LogP contribution < -0.4 is 5.73 Å². The lowest BCUT2D eigenvalue weighted by Gasteiger charge is -2.22. The summed E-state index contributed by atoms with van der Waals surface area (Å²) in [5, 5.41) is 14.1. The number of hydrogen-bond acceptors (Lipinski definition) is 5. The number of nitrogens with two attached hydrogens (primary N) is 1. The molecule has 0 aromatic carbocycles. The molecule has 0 unspecified atom stereocenters.